The lowest BCUT2D eigenvalue weighted by molar-refractivity contribution is -0.00518. The van der Waals surface area contributed by atoms with Crippen LogP contribution in [0.5, 0.6) is 0 Å². The molecular formula is C61H53N. The van der Waals surface area contributed by atoms with Crippen LogP contribution in [0.1, 0.15) is 69.1 Å². The average Bonchev–Trinajstić information content (AvgIpc) is 3.56. The van der Waals surface area contributed by atoms with Crippen molar-refractivity contribution >= 4 is 17.1 Å². The highest BCUT2D eigenvalue weighted by Gasteiger charge is 2.51. The van der Waals surface area contributed by atoms with Crippen molar-refractivity contribution in [1.29, 1.82) is 0 Å². The molecule has 0 saturated heterocycles. The maximum atomic E-state index is 2.58. The van der Waals surface area contributed by atoms with Gasteiger partial charge in [0.2, 0.25) is 0 Å². The van der Waals surface area contributed by atoms with Crippen LogP contribution < -0.4 is 4.90 Å². The Morgan fingerprint density at radius 2 is 0.871 bits per heavy atom. The quantitative estimate of drug-likeness (QED) is 0.148. The molecule has 302 valence electrons. The van der Waals surface area contributed by atoms with Gasteiger partial charge in [0.05, 0.1) is 11.4 Å². The molecule has 1 heteroatoms. The first kappa shape index (κ1) is 37.3. The summed E-state index contributed by atoms with van der Waals surface area (Å²) in [4.78, 5) is 2.58. The largest absolute Gasteiger partial charge is 0.309 e. The highest BCUT2D eigenvalue weighted by atomic mass is 15.2. The van der Waals surface area contributed by atoms with Crippen molar-refractivity contribution in [3.8, 4) is 55.6 Å². The molecule has 0 unspecified atom stereocenters. The minimum absolute atomic E-state index is 0.137. The van der Waals surface area contributed by atoms with E-state index in [4.69, 9.17) is 0 Å². The fourth-order valence-corrected chi connectivity index (χ4v) is 12.9. The zero-order valence-corrected chi connectivity index (χ0v) is 35.9. The Morgan fingerprint density at radius 3 is 1.44 bits per heavy atom. The number of benzene rings is 8. The fraction of sp³-hybridized carbons (Fsp3) is 0.213. The number of rotatable bonds is 8. The topological polar surface area (TPSA) is 3.24 Å². The van der Waals surface area contributed by atoms with Crippen LogP contribution in [-0.4, -0.2) is 0 Å². The van der Waals surface area contributed by atoms with Gasteiger partial charge >= 0.3 is 0 Å². The number of fused-ring (bicyclic) bond motifs is 3. The average molecular weight is 800 g/mol. The first-order valence-corrected chi connectivity index (χ1v) is 23.0. The molecule has 0 aliphatic heterocycles. The number of anilines is 3. The van der Waals surface area contributed by atoms with Crippen LogP contribution in [-0.2, 0) is 10.8 Å². The summed E-state index contributed by atoms with van der Waals surface area (Å²) in [5.41, 5.74) is 20.4. The Bertz CT molecular complexity index is 2830. The lowest BCUT2D eigenvalue weighted by atomic mass is 9.48. The third kappa shape index (κ3) is 6.11. The first-order chi connectivity index (χ1) is 30.4. The van der Waals surface area contributed by atoms with Gasteiger partial charge in [-0.3, -0.25) is 0 Å². The second-order valence-electron chi connectivity index (χ2n) is 19.5. The van der Waals surface area contributed by atoms with E-state index in [2.05, 4.69) is 213 Å². The van der Waals surface area contributed by atoms with Gasteiger partial charge in [0.1, 0.15) is 0 Å². The summed E-state index contributed by atoms with van der Waals surface area (Å²) < 4.78 is 0. The van der Waals surface area contributed by atoms with E-state index >= 15 is 0 Å². The van der Waals surface area contributed by atoms with Gasteiger partial charge in [-0.25, -0.2) is 0 Å². The molecule has 0 spiro atoms. The van der Waals surface area contributed by atoms with Gasteiger partial charge in [0.25, 0.3) is 0 Å². The second-order valence-corrected chi connectivity index (χ2v) is 19.5. The number of nitrogens with zero attached hydrogens (tertiary/aromatic N) is 1. The minimum atomic E-state index is -0.137. The zero-order valence-electron chi connectivity index (χ0n) is 35.9. The van der Waals surface area contributed by atoms with E-state index in [1.54, 1.807) is 5.56 Å². The van der Waals surface area contributed by atoms with Crippen molar-refractivity contribution < 1.29 is 0 Å². The summed E-state index contributed by atoms with van der Waals surface area (Å²) in [5, 5.41) is 0. The van der Waals surface area contributed by atoms with E-state index in [0.717, 1.165) is 23.4 Å². The summed E-state index contributed by atoms with van der Waals surface area (Å²) in [5.74, 6) is 2.84. The zero-order chi connectivity index (χ0) is 41.4. The molecule has 4 fully saturated rings. The Kier molecular flexibility index (Phi) is 8.79. The van der Waals surface area contributed by atoms with Crippen LogP contribution in [0.15, 0.2) is 194 Å². The van der Waals surface area contributed by atoms with Crippen LogP contribution >= 0.6 is 0 Å². The molecule has 5 aliphatic rings. The van der Waals surface area contributed by atoms with Gasteiger partial charge in [0, 0.05) is 27.8 Å². The van der Waals surface area contributed by atoms with Crippen molar-refractivity contribution in [3.63, 3.8) is 0 Å². The predicted octanol–water partition coefficient (Wildman–Crippen LogP) is 16.6. The third-order valence-electron chi connectivity index (χ3n) is 15.4. The molecular weight excluding hydrogens is 747 g/mol. The first-order valence-electron chi connectivity index (χ1n) is 23.0. The maximum Gasteiger partial charge on any atom is 0.0619 e. The lowest BCUT2D eigenvalue weighted by Gasteiger charge is -2.57. The molecule has 0 heterocycles. The summed E-state index contributed by atoms with van der Waals surface area (Å²) in [6.45, 7) is 4.77. The lowest BCUT2D eigenvalue weighted by Crippen LogP contribution is -2.48. The van der Waals surface area contributed by atoms with E-state index in [1.807, 2.05) is 0 Å². The molecule has 0 N–H and O–H groups in total. The highest BCUT2D eigenvalue weighted by Crippen LogP contribution is 2.61. The number of hydrogen-bond donors (Lipinski definition) is 0. The van der Waals surface area contributed by atoms with Crippen LogP contribution in [0.25, 0.3) is 55.6 Å². The van der Waals surface area contributed by atoms with Gasteiger partial charge in [-0.15, -0.1) is 0 Å². The molecule has 0 atom stereocenters. The fourth-order valence-electron chi connectivity index (χ4n) is 12.9. The van der Waals surface area contributed by atoms with Crippen molar-refractivity contribution in [2.75, 3.05) is 4.90 Å². The van der Waals surface area contributed by atoms with Gasteiger partial charge in [-0.1, -0.05) is 178 Å². The van der Waals surface area contributed by atoms with Crippen LogP contribution in [0.3, 0.4) is 0 Å². The summed E-state index contributed by atoms with van der Waals surface area (Å²) >= 11 is 0. The molecule has 5 aliphatic carbocycles. The normalized spacial score (nSPS) is 21.4. The molecule has 4 saturated carbocycles. The Hall–Kier alpha value is -6.44. The van der Waals surface area contributed by atoms with E-state index in [0.29, 0.717) is 5.41 Å². The predicted molar refractivity (Wildman–Crippen MR) is 260 cm³/mol. The number of hydrogen-bond acceptors (Lipinski definition) is 1. The molecule has 0 radical (unpaired) electrons. The molecule has 13 rings (SSSR count). The van der Waals surface area contributed by atoms with Gasteiger partial charge in [-0.2, -0.15) is 0 Å². The third-order valence-corrected chi connectivity index (χ3v) is 15.4. The summed E-state index contributed by atoms with van der Waals surface area (Å²) in [6.07, 6.45) is 8.64. The molecule has 8 aromatic carbocycles. The monoisotopic (exact) mass is 799 g/mol. The van der Waals surface area contributed by atoms with Crippen LogP contribution in [0.2, 0.25) is 0 Å². The summed E-state index contributed by atoms with van der Waals surface area (Å²) in [6, 6.07) is 72.9. The van der Waals surface area contributed by atoms with Crippen molar-refractivity contribution in [2.45, 2.75) is 63.2 Å². The maximum absolute atomic E-state index is 2.58. The van der Waals surface area contributed by atoms with Crippen molar-refractivity contribution in [3.05, 3.63) is 211 Å². The second kappa shape index (κ2) is 14.6. The smallest absolute Gasteiger partial charge is 0.0619 e. The molecule has 0 amide bonds. The molecule has 0 aromatic heterocycles. The SMILES string of the molecule is CC1(C)c2ccccc2-c2c(N(c3ccc(-c4ccc(C56CC7CC(CC(C7)C5)C6)cc4)cc3)c3c(-c4ccccc4)cc(-c4ccccc4)cc3-c3ccccc3)cccc21. The Balaban J connectivity index is 1.06. The van der Waals surface area contributed by atoms with E-state index in [9.17, 15) is 0 Å². The highest BCUT2D eigenvalue weighted by molar-refractivity contribution is 6.04. The standard InChI is InChI=1S/C61H53N/c1-60(2)55-22-13-12-21-52(55)58-56(60)23-14-24-57(58)62(51-31-27-46(28-32-51)45-25-29-50(30-26-45)61-38-41-33-42(39-61)35-43(34-41)40-61)59-53(47-17-8-4-9-18-47)36-49(44-15-6-3-7-16-44)37-54(59)48-19-10-5-11-20-48/h3-32,36-37,41-43H,33-35,38-40H2,1-2H3. The van der Waals surface area contributed by atoms with Gasteiger partial charge in [-0.05, 0) is 148 Å². The minimum Gasteiger partial charge on any atom is -0.309 e. The molecule has 4 bridgehead atoms. The Morgan fingerprint density at radius 1 is 0.403 bits per heavy atom. The molecule has 8 aromatic rings. The van der Waals surface area contributed by atoms with Gasteiger partial charge in [0.15, 0.2) is 0 Å². The van der Waals surface area contributed by atoms with Crippen molar-refractivity contribution in [1.82, 2.24) is 0 Å². The van der Waals surface area contributed by atoms with Crippen molar-refractivity contribution in [2.24, 2.45) is 17.8 Å². The van der Waals surface area contributed by atoms with Gasteiger partial charge < -0.3 is 4.90 Å². The summed E-state index contributed by atoms with van der Waals surface area (Å²) in [7, 11) is 0. The van der Waals surface area contributed by atoms with E-state index < -0.39 is 0 Å². The molecule has 1 nitrogen and oxygen atoms in total. The van der Waals surface area contributed by atoms with E-state index in [1.165, 1.54) is 117 Å². The van der Waals surface area contributed by atoms with Crippen LogP contribution in [0.4, 0.5) is 17.1 Å². The van der Waals surface area contributed by atoms with E-state index in [-0.39, 0.29) is 5.41 Å². The Labute approximate surface area is 367 Å². The molecule has 62 heavy (non-hydrogen) atoms. The van der Waals surface area contributed by atoms with Crippen LogP contribution in [0, 0.1) is 17.8 Å².